The molecule has 30 heavy (non-hydrogen) atoms. The van der Waals surface area contributed by atoms with Gasteiger partial charge in [-0.15, -0.1) is 11.3 Å². The van der Waals surface area contributed by atoms with E-state index in [4.69, 9.17) is 26.2 Å². The lowest BCUT2D eigenvalue weighted by molar-refractivity contribution is -0.136. The zero-order valence-corrected chi connectivity index (χ0v) is 18.5. The van der Waals surface area contributed by atoms with Crippen molar-refractivity contribution in [1.29, 1.82) is 0 Å². The van der Waals surface area contributed by atoms with Gasteiger partial charge in [0.15, 0.2) is 0 Å². The average molecular weight is 446 g/mol. The average Bonchev–Trinajstić information content (AvgIpc) is 3.23. The maximum Gasteiger partial charge on any atom is 0.303 e. The summed E-state index contributed by atoms with van der Waals surface area (Å²) in [7, 11) is 0. The highest BCUT2D eigenvalue weighted by atomic mass is 35.5. The lowest BCUT2D eigenvalue weighted by atomic mass is 10.0. The van der Waals surface area contributed by atoms with Gasteiger partial charge in [-0.3, -0.25) is 4.79 Å². The minimum Gasteiger partial charge on any atom is -0.493 e. The third-order valence-electron chi connectivity index (χ3n) is 4.69. The summed E-state index contributed by atoms with van der Waals surface area (Å²) in [6.45, 7) is 4.48. The molecular weight excluding hydrogens is 422 g/mol. The molecule has 5 nitrogen and oxygen atoms in total. The Morgan fingerprint density at radius 3 is 2.80 bits per heavy atom. The summed E-state index contributed by atoms with van der Waals surface area (Å²) in [6, 6.07) is 11.3. The fourth-order valence-corrected chi connectivity index (χ4v) is 3.77. The molecule has 2 aromatic carbocycles. The largest absolute Gasteiger partial charge is 0.493 e. The molecule has 3 rings (SSSR count). The highest BCUT2D eigenvalue weighted by Gasteiger charge is 2.13. The fourth-order valence-electron chi connectivity index (χ4n) is 3.05. The third kappa shape index (κ3) is 6.21. The van der Waals surface area contributed by atoms with E-state index in [1.54, 1.807) is 5.51 Å². The molecule has 3 aromatic rings. The Kier molecular flexibility index (Phi) is 7.71. The Morgan fingerprint density at radius 2 is 2.10 bits per heavy atom. The van der Waals surface area contributed by atoms with Gasteiger partial charge in [0.2, 0.25) is 0 Å². The molecule has 0 saturated carbocycles. The molecule has 0 bridgehead atoms. The number of hydrogen-bond acceptors (Lipinski definition) is 5. The summed E-state index contributed by atoms with van der Waals surface area (Å²) >= 11 is 7.68. The molecule has 1 atom stereocenters. The van der Waals surface area contributed by atoms with E-state index in [2.05, 4.69) is 4.98 Å². The van der Waals surface area contributed by atoms with Crippen LogP contribution in [-0.4, -0.2) is 28.8 Å². The first kappa shape index (κ1) is 22.1. The minimum absolute atomic E-state index is 0.0560. The van der Waals surface area contributed by atoms with E-state index in [-0.39, 0.29) is 12.5 Å². The van der Waals surface area contributed by atoms with Crippen molar-refractivity contribution in [2.75, 3.05) is 6.61 Å². The number of thiazole rings is 1. The Hall–Kier alpha value is -2.57. The van der Waals surface area contributed by atoms with Crippen molar-refractivity contribution < 1.29 is 19.4 Å². The van der Waals surface area contributed by atoms with E-state index in [0.717, 1.165) is 33.9 Å². The number of carbonyl (C=O) groups is 1. The van der Waals surface area contributed by atoms with E-state index >= 15 is 0 Å². The molecule has 1 heterocycles. The molecule has 0 spiro atoms. The van der Waals surface area contributed by atoms with Crippen molar-refractivity contribution in [3.8, 4) is 22.8 Å². The van der Waals surface area contributed by atoms with Crippen molar-refractivity contribution in [1.82, 2.24) is 4.98 Å². The van der Waals surface area contributed by atoms with Gasteiger partial charge in [0, 0.05) is 28.8 Å². The molecular formula is C23H24ClNO4S. The summed E-state index contributed by atoms with van der Waals surface area (Å²) in [5.74, 6) is 0.729. The smallest absolute Gasteiger partial charge is 0.303 e. The quantitative estimate of drug-likeness (QED) is 0.413. The van der Waals surface area contributed by atoms with Crippen LogP contribution in [0.25, 0.3) is 11.3 Å². The molecule has 0 fully saturated rings. The van der Waals surface area contributed by atoms with Crippen LogP contribution in [0.3, 0.4) is 0 Å². The maximum absolute atomic E-state index is 10.7. The van der Waals surface area contributed by atoms with Crippen molar-refractivity contribution in [3.05, 3.63) is 63.4 Å². The number of carboxylic acids is 1. The number of ether oxygens (including phenoxy) is 2. The number of carboxylic acid groups (broad SMARTS) is 1. The first-order valence-electron chi connectivity index (χ1n) is 9.71. The first-order valence-corrected chi connectivity index (χ1v) is 11.0. The van der Waals surface area contributed by atoms with Crippen LogP contribution in [-0.2, 0) is 11.2 Å². The van der Waals surface area contributed by atoms with Crippen LogP contribution in [0, 0.1) is 6.92 Å². The SMILES string of the molecule is Cc1cc(OCC[C@@H](C)Oc2ccc(Cl)cc2-c2cscn2)ccc1CCC(=O)O. The van der Waals surface area contributed by atoms with Crippen LogP contribution in [0.4, 0.5) is 0 Å². The molecule has 1 N–H and O–H groups in total. The zero-order valence-electron chi connectivity index (χ0n) is 16.9. The fraction of sp³-hybridized carbons (Fsp3) is 0.304. The van der Waals surface area contributed by atoms with Gasteiger partial charge in [-0.2, -0.15) is 0 Å². The standard InChI is InChI=1S/C23H24ClNO4S/c1-15-11-19(6-3-17(15)4-8-23(26)27)28-10-9-16(2)29-22-7-5-18(24)12-20(22)21-13-30-14-25-21/h3,5-7,11-14,16H,4,8-10H2,1-2H3,(H,26,27)/t16-/m1/s1. The molecule has 7 heteroatoms. The van der Waals surface area contributed by atoms with Gasteiger partial charge in [0.1, 0.15) is 11.5 Å². The predicted octanol–water partition coefficient (Wildman–Crippen LogP) is 6.03. The molecule has 158 valence electrons. The number of aryl methyl sites for hydroxylation is 2. The van der Waals surface area contributed by atoms with Gasteiger partial charge in [-0.05, 0) is 61.7 Å². The Balaban J connectivity index is 1.54. The van der Waals surface area contributed by atoms with Gasteiger partial charge >= 0.3 is 5.97 Å². The Bertz CT molecular complexity index is 991. The van der Waals surface area contributed by atoms with Gasteiger partial charge in [-0.25, -0.2) is 4.98 Å². The zero-order chi connectivity index (χ0) is 21.5. The topological polar surface area (TPSA) is 68.7 Å². The van der Waals surface area contributed by atoms with Gasteiger partial charge < -0.3 is 14.6 Å². The lowest BCUT2D eigenvalue weighted by Crippen LogP contribution is -2.16. The van der Waals surface area contributed by atoms with E-state index in [0.29, 0.717) is 24.5 Å². The van der Waals surface area contributed by atoms with E-state index in [1.165, 1.54) is 11.3 Å². The molecule has 1 aromatic heterocycles. The molecule has 0 unspecified atom stereocenters. The monoisotopic (exact) mass is 445 g/mol. The molecule has 0 radical (unpaired) electrons. The highest BCUT2D eigenvalue weighted by molar-refractivity contribution is 7.07. The normalized spacial score (nSPS) is 11.8. The van der Waals surface area contributed by atoms with E-state index in [1.807, 2.05) is 55.6 Å². The second-order valence-corrected chi connectivity index (χ2v) is 8.22. The van der Waals surface area contributed by atoms with E-state index < -0.39 is 5.97 Å². The summed E-state index contributed by atoms with van der Waals surface area (Å²) in [5, 5.41) is 11.4. The van der Waals surface area contributed by atoms with Crippen molar-refractivity contribution in [3.63, 3.8) is 0 Å². The number of benzene rings is 2. The molecule has 0 amide bonds. The van der Waals surface area contributed by atoms with E-state index in [9.17, 15) is 4.79 Å². The van der Waals surface area contributed by atoms with Crippen molar-refractivity contribution in [2.24, 2.45) is 0 Å². The molecule has 0 aliphatic heterocycles. The maximum atomic E-state index is 10.7. The predicted molar refractivity (Wildman–Crippen MR) is 120 cm³/mol. The second-order valence-electron chi connectivity index (χ2n) is 7.06. The van der Waals surface area contributed by atoms with Crippen LogP contribution in [0.1, 0.15) is 30.9 Å². The summed E-state index contributed by atoms with van der Waals surface area (Å²) < 4.78 is 12.0. The number of nitrogens with zero attached hydrogens (tertiary/aromatic N) is 1. The number of hydrogen-bond donors (Lipinski definition) is 1. The van der Waals surface area contributed by atoms with Crippen LogP contribution in [0.2, 0.25) is 5.02 Å². The summed E-state index contributed by atoms with van der Waals surface area (Å²) in [5.41, 5.74) is 5.57. The van der Waals surface area contributed by atoms with Gasteiger partial charge in [0.25, 0.3) is 0 Å². The summed E-state index contributed by atoms with van der Waals surface area (Å²) in [6.07, 6.45) is 1.30. The molecule has 0 saturated heterocycles. The molecule has 0 aliphatic rings. The first-order chi connectivity index (χ1) is 14.4. The number of halogens is 1. The summed E-state index contributed by atoms with van der Waals surface area (Å²) in [4.78, 5) is 15.1. The Morgan fingerprint density at radius 1 is 1.27 bits per heavy atom. The molecule has 0 aliphatic carbocycles. The Labute approximate surface area is 185 Å². The second kappa shape index (κ2) is 10.5. The van der Waals surface area contributed by atoms with Crippen molar-refractivity contribution in [2.45, 2.75) is 39.2 Å². The van der Waals surface area contributed by atoms with Crippen LogP contribution in [0.15, 0.2) is 47.3 Å². The third-order valence-corrected chi connectivity index (χ3v) is 5.51. The number of rotatable bonds is 10. The highest BCUT2D eigenvalue weighted by Crippen LogP contribution is 2.33. The number of aromatic nitrogens is 1. The van der Waals surface area contributed by atoms with Crippen molar-refractivity contribution >= 4 is 28.9 Å². The lowest BCUT2D eigenvalue weighted by Gasteiger charge is -2.18. The minimum atomic E-state index is -0.790. The van der Waals surface area contributed by atoms with Gasteiger partial charge in [-0.1, -0.05) is 17.7 Å². The van der Waals surface area contributed by atoms with Crippen LogP contribution in [0.5, 0.6) is 11.5 Å². The van der Waals surface area contributed by atoms with Crippen LogP contribution >= 0.6 is 22.9 Å². The van der Waals surface area contributed by atoms with Gasteiger partial charge in [0.05, 0.1) is 23.9 Å². The van der Waals surface area contributed by atoms with Crippen LogP contribution < -0.4 is 9.47 Å². The number of aliphatic carboxylic acids is 1.